The summed E-state index contributed by atoms with van der Waals surface area (Å²) in [5, 5.41) is 6.46. The average molecular weight is 534 g/mol. The molecule has 0 radical (unpaired) electrons. The zero-order chi connectivity index (χ0) is 28.0. The van der Waals surface area contributed by atoms with Crippen molar-refractivity contribution in [1.82, 2.24) is 10.7 Å². The molecule has 0 bridgehead atoms. The molecule has 0 atom stereocenters. The number of amides is 2. The summed E-state index contributed by atoms with van der Waals surface area (Å²) >= 11 is 0. The lowest BCUT2D eigenvalue weighted by molar-refractivity contribution is -0.120. The van der Waals surface area contributed by atoms with Crippen molar-refractivity contribution in [2.75, 3.05) is 26.9 Å². The first-order valence-electron chi connectivity index (χ1n) is 12.4. The summed E-state index contributed by atoms with van der Waals surface area (Å²) in [6.45, 7) is 4.50. The van der Waals surface area contributed by atoms with Crippen LogP contribution in [0.15, 0.2) is 71.8 Å². The molecule has 10 nitrogen and oxygen atoms in total. The van der Waals surface area contributed by atoms with E-state index >= 15 is 0 Å². The number of hydrogen-bond acceptors (Lipinski definition) is 8. The van der Waals surface area contributed by atoms with Crippen molar-refractivity contribution < 1.29 is 33.3 Å². The summed E-state index contributed by atoms with van der Waals surface area (Å²) in [5.74, 6) is 0.448. The van der Waals surface area contributed by atoms with Gasteiger partial charge < -0.3 is 24.3 Å². The third kappa shape index (κ3) is 8.89. The number of nitrogens with one attached hydrogen (secondary N) is 2. The third-order valence-corrected chi connectivity index (χ3v) is 5.20. The molecule has 0 aliphatic carbocycles. The Kier molecular flexibility index (Phi) is 10.9. The highest BCUT2D eigenvalue weighted by molar-refractivity contribution is 5.96. The van der Waals surface area contributed by atoms with Gasteiger partial charge in [0.05, 0.1) is 38.6 Å². The molecule has 3 aromatic rings. The molecule has 0 aromatic heterocycles. The number of hydrogen-bond donors (Lipinski definition) is 2. The lowest BCUT2D eigenvalue weighted by atomic mass is 10.2. The van der Waals surface area contributed by atoms with Crippen LogP contribution in [0, 0.1) is 0 Å². The molecule has 2 amide bonds. The highest BCUT2D eigenvalue weighted by Gasteiger charge is 2.14. The van der Waals surface area contributed by atoms with Gasteiger partial charge in [-0.1, -0.05) is 6.92 Å². The van der Waals surface area contributed by atoms with E-state index in [1.807, 2.05) is 6.92 Å². The van der Waals surface area contributed by atoms with E-state index in [0.717, 1.165) is 6.42 Å². The molecule has 0 fully saturated rings. The largest absolute Gasteiger partial charge is 0.497 e. The van der Waals surface area contributed by atoms with E-state index in [4.69, 9.17) is 18.9 Å². The molecule has 39 heavy (non-hydrogen) atoms. The van der Waals surface area contributed by atoms with E-state index < -0.39 is 17.8 Å². The number of methoxy groups -OCH3 is 1. The van der Waals surface area contributed by atoms with Crippen LogP contribution < -0.4 is 29.7 Å². The SMILES string of the molecule is CCCOc1ccc(C(=O)NCC(=O)NN=Cc2ccc(OC(=O)c3ccc(OC)cc3)c(OCC)c2)cc1. The van der Waals surface area contributed by atoms with Gasteiger partial charge in [-0.3, -0.25) is 9.59 Å². The first kappa shape index (κ1) is 28.7. The van der Waals surface area contributed by atoms with E-state index in [0.29, 0.717) is 47.2 Å². The Morgan fingerprint density at radius 3 is 2.21 bits per heavy atom. The Morgan fingerprint density at radius 2 is 1.54 bits per heavy atom. The fraction of sp³-hybridized carbons (Fsp3) is 0.241. The van der Waals surface area contributed by atoms with E-state index in [-0.39, 0.29) is 12.3 Å². The van der Waals surface area contributed by atoms with Crippen molar-refractivity contribution >= 4 is 24.0 Å². The van der Waals surface area contributed by atoms with E-state index in [2.05, 4.69) is 15.8 Å². The van der Waals surface area contributed by atoms with Crippen molar-refractivity contribution in [3.63, 3.8) is 0 Å². The molecule has 0 unspecified atom stereocenters. The Morgan fingerprint density at radius 1 is 0.846 bits per heavy atom. The van der Waals surface area contributed by atoms with Crippen LogP contribution in [0.3, 0.4) is 0 Å². The van der Waals surface area contributed by atoms with Crippen LogP contribution in [0.25, 0.3) is 0 Å². The fourth-order valence-corrected chi connectivity index (χ4v) is 3.25. The Hall–Kier alpha value is -4.86. The van der Waals surface area contributed by atoms with Gasteiger partial charge >= 0.3 is 5.97 Å². The number of rotatable bonds is 13. The lowest BCUT2D eigenvalue weighted by Crippen LogP contribution is -2.34. The summed E-state index contributed by atoms with van der Waals surface area (Å²) in [5.41, 5.74) is 3.72. The number of ether oxygens (including phenoxy) is 4. The minimum absolute atomic E-state index is 0.242. The first-order chi connectivity index (χ1) is 18.9. The van der Waals surface area contributed by atoms with Gasteiger partial charge in [-0.2, -0.15) is 5.10 Å². The molecule has 0 saturated carbocycles. The topological polar surface area (TPSA) is 125 Å². The van der Waals surface area contributed by atoms with E-state index in [1.165, 1.54) is 6.21 Å². The van der Waals surface area contributed by atoms with Gasteiger partial charge in [0.1, 0.15) is 11.5 Å². The molecule has 204 valence electrons. The minimum atomic E-state index is -0.546. The average Bonchev–Trinajstić information content (AvgIpc) is 2.96. The molecule has 0 spiro atoms. The molecular formula is C29H31N3O7. The van der Waals surface area contributed by atoms with Crippen molar-refractivity contribution in [3.05, 3.63) is 83.4 Å². The van der Waals surface area contributed by atoms with Crippen molar-refractivity contribution in [1.29, 1.82) is 0 Å². The van der Waals surface area contributed by atoms with Gasteiger partial charge in [0.15, 0.2) is 11.5 Å². The molecule has 0 aliphatic heterocycles. The van der Waals surface area contributed by atoms with Crippen LogP contribution in [0.5, 0.6) is 23.0 Å². The van der Waals surface area contributed by atoms with E-state index in [9.17, 15) is 14.4 Å². The number of nitrogens with zero attached hydrogens (tertiary/aromatic N) is 1. The smallest absolute Gasteiger partial charge is 0.343 e. The minimum Gasteiger partial charge on any atom is -0.497 e. The fourth-order valence-electron chi connectivity index (χ4n) is 3.25. The molecule has 2 N–H and O–H groups in total. The molecule has 0 heterocycles. The zero-order valence-electron chi connectivity index (χ0n) is 22.1. The number of esters is 1. The van der Waals surface area contributed by atoms with Crippen molar-refractivity contribution in [2.24, 2.45) is 5.10 Å². The normalized spacial score (nSPS) is 10.5. The van der Waals surface area contributed by atoms with Gasteiger partial charge in [0, 0.05) is 5.56 Å². The maximum Gasteiger partial charge on any atom is 0.343 e. The van der Waals surface area contributed by atoms with Crippen molar-refractivity contribution in [3.8, 4) is 23.0 Å². The van der Waals surface area contributed by atoms with Gasteiger partial charge in [-0.15, -0.1) is 0 Å². The predicted octanol–water partition coefficient (Wildman–Crippen LogP) is 3.98. The number of benzene rings is 3. The lowest BCUT2D eigenvalue weighted by Gasteiger charge is -2.11. The van der Waals surface area contributed by atoms with Crippen LogP contribution in [-0.2, 0) is 4.79 Å². The van der Waals surface area contributed by atoms with Crippen LogP contribution in [0.1, 0.15) is 46.5 Å². The molecular weight excluding hydrogens is 502 g/mol. The van der Waals surface area contributed by atoms with Crippen LogP contribution in [-0.4, -0.2) is 50.9 Å². The quantitative estimate of drug-likeness (QED) is 0.147. The summed E-state index contributed by atoms with van der Waals surface area (Å²) in [6, 6.07) is 18.1. The van der Waals surface area contributed by atoms with Crippen LogP contribution >= 0.6 is 0 Å². The summed E-state index contributed by atoms with van der Waals surface area (Å²) in [7, 11) is 1.54. The highest BCUT2D eigenvalue weighted by atomic mass is 16.6. The highest BCUT2D eigenvalue weighted by Crippen LogP contribution is 2.29. The van der Waals surface area contributed by atoms with E-state index in [1.54, 1.807) is 80.8 Å². The van der Waals surface area contributed by atoms with Gasteiger partial charge in [0.2, 0.25) is 0 Å². The second-order valence-electron chi connectivity index (χ2n) is 8.11. The number of hydrazone groups is 1. The van der Waals surface area contributed by atoms with Crippen LogP contribution in [0.4, 0.5) is 0 Å². The maximum absolute atomic E-state index is 12.5. The molecule has 3 aromatic carbocycles. The summed E-state index contributed by atoms with van der Waals surface area (Å²) in [6.07, 6.45) is 2.30. The second kappa shape index (κ2) is 14.8. The molecule has 10 heteroatoms. The first-order valence-corrected chi connectivity index (χ1v) is 12.4. The van der Waals surface area contributed by atoms with Crippen LogP contribution in [0.2, 0.25) is 0 Å². The Balaban J connectivity index is 1.52. The molecule has 0 saturated heterocycles. The van der Waals surface area contributed by atoms with Gasteiger partial charge in [-0.25, -0.2) is 10.2 Å². The number of carbonyl (C=O) groups is 3. The standard InChI is InChI=1S/C29H31N3O7/c1-4-16-38-24-13-7-21(8-14-24)28(34)30-19-27(33)32-31-18-20-6-15-25(26(17-20)37-5-2)39-29(35)22-9-11-23(36-3)12-10-22/h6-15,17-18H,4-5,16,19H2,1-3H3,(H,30,34)(H,32,33). The van der Waals surface area contributed by atoms with Crippen molar-refractivity contribution in [2.45, 2.75) is 20.3 Å². The second-order valence-corrected chi connectivity index (χ2v) is 8.11. The third-order valence-electron chi connectivity index (χ3n) is 5.20. The summed E-state index contributed by atoms with van der Waals surface area (Å²) < 4.78 is 21.7. The van der Waals surface area contributed by atoms with Gasteiger partial charge in [0.25, 0.3) is 11.8 Å². The monoisotopic (exact) mass is 533 g/mol. The molecule has 0 aliphatic rings. The number of carbonyl (C=O) groups excluding carboxylic acids is 3. The van der Waals surface area contributed by atoms with Gasteiger partial charge in [-0.05, 0) is 85.6 Å². The Bertz CT molecular complexity index is 1290. The maximum atomic E-state index is 12.5. The predicted molar refractivity (Wildman–Crippen MR) is 146 cm³/mol. The zero-order valence-corrected chi connectivity index (χ0v) is 22.1. The Labute approximate surface area is 226 Å². The molecule has 3 rings (SSSR count). The summed E-state index contributed by atoms with van der Waals surface area (Å²) in [4.78, 5) is 36.9.